The highest BCUT2D eigenvalue weighted by Gasteiger charge is 2.08. The van der Waals surface area contributed by atoms with Crippen LogP contribution in [-0.4, -0.2) is 0 Å². The number of fused-ring (bicyclic) bond motifs is 1. The van der Waals surface area contributed by atoms with Gasteiger partial charge in [-0.05, 0) is 36.1 Å². The van der Waals surface area contributed by atoms with Gasteiger partial charge in [0.2, 0.25) is 0 Å². The highest BCUT2D eigenvalue weighted by molar-refractivity contribution is 7.19. The summed E-state index contributed by atoms with van der Waals surface area (Å²) in [6.07, 6.45) is 0.356. The molecule has 0 aliphatic carbocycles. The fourth-order valence-corrected chi connectivity index (χ4v) is 2.61. The predicted molar refractivity (Wildman–Crippen MR) is 55.8 cm³/mol. The Morgan fingerprint density at radius 1 is 1.50 bits per heavy atom. The van der Waals surface area contributed by atoms with E-state index in [2.05, 4.69) is 6.07 Å². The smallest absolute Gasteiger partial charge is 0.123 e. The van der Waals surface area contributed by atoms with Crippen LogP contribution in [0.25, 0.3) is 10.1 Å². The van der Waals surface area contributed by atoms with Crippen molar-refractivity contribution in [3.63, 3.8) is 0 Å². The lowest BCUT2D eigenvalue weighted by atomic mass is 10.1. The van der Waals surface area contributed by atoms with Crippen molar-refractivity contribution in [3.05, 3.63) is 34.5 Å². The molecule has 0 aliphatic heterocycles. The molecule has 1 aromatic heterocycles. The van der Waals surface area contributed by atoms with E-state index in [-0.39, 0.29) is 5.82 Å². The molecule has 2 rings (SSSR count). The van der Waals surface area contributed by atoms with Crippen LogP contribution in [0.1, 0.15) is 10.4 Å². The number of hydrogen-bond acceptors (Lipinski definition) is 2. The maximum absolute atomic E-state index is 13.0. The van der Waals surface area contributed by atoms with Gasteiger partial charge in [0.15, 0.2) is 0 Å². The van der Waals surface area contributed by atoms with Crippen molar-refractivity contribution < 1.29 is 4.39 Å². The third-order valence-electron chi connectivity index (χ3n) is 2.21. The average Bonchev–Trinajstić information content (AvgIpc) is 2.45. The van der Waals surface area contributed by atoms with Crippen molar-refractivity contribution in [2.45, 2.75) is 13.3 Å². The molecule has 0 unspecified atom stereocenters. The van der Waals surface area contributed by atoms with Gasteiger partial charge in [-0.1, -0.05) is 0 Å². The van der Waals surface area contributed by atoms with Gasteiger partial charge in [0.1, 0.15) is 5.82 Å². The fourth-order valence-electron chi connectivity index (χ4n) is 1.54. The van der Waals surface area contributed by atoms with E-state index in [0.717, 1.165) is 20.5 Å². The summed E-state index contributed by atoms with van der Waals surface area (Å²) in [5.41, 5.74) is 0.965. The zero-order valence-corrected chi connectivity index (χ0v) is 8.49. The van der Waals surface area contributed by atoms with Gasteiger partial charge in [-0.25, -0.2) is 4.39 Å². The van der Waals surface area contributed by atoms with Crippen LogP contribution in [0, 0.1) is 24.1 Å². The highest BCUT2D eigenvalue weighted by atomic mass is 32.1. The van der Waals surface area contributed by atoms with E-state index < -0.39 is 0 Å². The van der Waals surface area contributed by atoms with E-state index >= 15 is 0 Å². The van der Waals surface area contributed by atoms with E-state index in [9.17, 15) is 4.39 Å². The minimum absolute atomic E-state index is 0.241. The third kappa shape index (κ3) is 1.38. The van der Waals surface area contributed by atoms with E-state index in [1.165, 1.54) is 12.1 Å². The number of aryl methyl sites for hydroxylation is 1. The lowest BCUT2D eigenvalue weighted by Gasteiger charge is -1.94. The first kappa shape index (κ1) is 9.17. The molecule has 3 heteroatoms. The minimum Gasteiger partial charge on any atom is -0.207 e. The summed E-state index contributed by atoms with van der Waals surface area (Å²) < 4.78 is 14.0. The summed E-state index contributed by atoms with van der Waals surface area (Å²) in [5.74, 6) is -0.241. The Morgan fingerprint density at radius 3 is 3.00 bits per heavy atom. The maximum Gasteiger partial charge on any atom is 0.123 e. The molecule has 0 radical (unpaired) electrons. The molecular weight excluding hydrogens is 197 g/mol. The predicted octanol–water partition coefficient (Wildman–Crippen LogP) is 3.41. The minimum atomic E-state index is -0.241. The molecule has 0 fully saturated rings. The Kier molecular flexibility index (Phi) is 2.22. The number of nitrogens with zero attached hydrogens (tertiary/aromatic N) is 1. The zero-order chi connectivity index (χ0) is 10.1. The summed E-state index contributed by atoms with van der Waals surface area (Å²) in [4.78, 5) is 1.10. The second-order valence-corrected chi connectivity index (χ2v) is 4.37. The summed E-state index contributed by atoms with van der Waals surface area (Å²) >= 11 is 1.61. The van der Waals surface area contributed by atoms with E-state index in [0.29, 0.717) is 6.42 Å². The van der Waals surface area contributed by atoms with Gasteiger partial charge in [0, 0.05) is 9.58 Å². The van der Waals surface area contributed by atoms with Gasteiger partial charge in [-0.15, -0.1) is 11.3 Å². The Hall–Kier alpha value is -1.40. The highest BCUT2D eigenvalue weighted by Crippen LogP contribution is 2.31. The zero-order valence-electron chi connectivity index (χ0n) is 7.67. The molecular formula is C11H8FNS. The van der Waals surface area contributed by atoms with E-state index in [1.54, 1.807) is 17.4 Å². The van der Waals surface area contributed by atoms with Crippen molar-refractivity contribution in [3.8, 4) is 6.07 Å². The number of nitriles is 1. The van der Waals surface area contributed by atoms with E-state index in [4.69, 9.17) is 5.26 Å². The standard InChI is InChI=1S/C11H8FNS/c1-7-9(4-5-13)10-6-8(12)2-3-11(10)14-7/h2-3,6H,4H2,1H3. The van der Waals surface area contributed by atoms with Gasteiger partial charge in [0.05, 0.1) is 12.5 Å². The number of hydrogen-bond donors (Lipinski definition) is 0. The Balaban J connectivity index is 2.74. The lowest BCUT2D eigenvalue weighted by molar-refractivity contribution is 0.630. The Labute approximate surface area is 85.4 Å². The Morgan fingerprint density at radius 2 is 2.29 bits per heavy atom. The first-order valence-electron chi connectivity index (χ1n) is 4.27. The first-order chi connectivity index (χ1) is 6.72. The van der Waals surface area contributed by atoms with E-state index in [1.807, 2.05) is 6.92 Å². The molecule has 1 aromatic carbocycles. The molecule has 0 amide bonds. The molecule has 0 saturated carbocycles. The van der Waals surface area contributed by atoms with Crippen LogP contribution in [0.3, 0.4) is 0 Å². The SMILES string of the molecule is Cc1sc2ccc(F)cc2c1CC#N. The van der Waals surface area contributed by atoms with Crippen molar-refractivity contribution in [1.82, 2.24) is 0 Å². The summed E-state index contributed by atoms with van der Waals surface area (Å²) in [6, 6.07) is 6.83. The first-order valence-corrected chi connectivity index (χ1v) is 5.08. The normalized spacial score (nSPS) is 10.4. The molecule has 0 bridgehead atoms. The van der Waals surface area contributed by atoms with Gasteiger partial charge in [0.25, 0.3) is 0 Å². The molecule has 14 heavy (non-hydrogen) atoms. The van der Waals surface area contributed by atoms with Gasteiger partial charge >= 0.3 is 0 Å². The van der Waals surface area contributed by atoms with Crippen LogP contribution in [0.4, 0.5) is 4.39 Å². The molecule has 70 valence electrons. The quantitative estimate of drug-likeness (QED) is 0.699. The van der Waals surface area contributed by atoms with Crippen LogP contribution >= 0.6 is 11.3 Å². The average molecular weight is 205 g/mol. The van der Waals surface area contributed by atoms with Crippen LogP contribution in [0.15, 0.2) is 18.2 Å². The topological polar surface area (TPSA) is 23.8 Å². The molecule has 0 N–H and O–H groups in total. The monoisotopic (exact) mass is 205 g/mol. The lowest BCUT2D eigenvalue weighted by Crippen LogP contribution is -1.82. The van der Waals surface area contributed by atoms with Gasteiger partial charge in [-0.3, -0.25) is 0 Å². The Bertz CT molecular complexity index is 522. The van der Waals surface area contributed by atoms with Gasteiger partial charge < -0.3 is 0 Å². The van der Waals surface area contributed by atoms with Crippen LogP contribution < -0.4 is 0 Å². The van der Waals surface area contributed by atoms with Crippen LogP contribution in [0.5, 0.6) is 0 Å². The summed E-state index contributed by atoms with van der Waals surface area (Å²) in [6.45, 7) is 1.97. The molecule has 0 aliphatic rings. The van der Waals surface area contributed by atoms with Crippen LogP contribution in [-0.2, 0) is 6.42 Å². The van der Waals surface area contributed by atoms with Crippen molar-refractivity contribution in [2.75, 3.05) is 0 Å². The largest absolute Gasteiger partial charge is 0.207 e. The molecule has 0 atom stereocenters. The second-order valence-electron chi connectivity index (χ2n) is 3.11. The summed E-state index contributed by atoms with van der Waals surface area (Å²) in [7, 11) is 0. The second kappa shape index (κ2) is 3.39. The number of rotatable bonds is 1. The number of halogens is 1. The third-order valence-corrected chi connectivity index (χ3v) is 3.34. The van der Waals surface area contributed by atoms with Gasteiger partial charge in [-0.2, -0.15) is 5.26 Å². The molecule has 0 spiro atoms. The molecule has 1 heterocycles. The molecule has 2 aromatic rings. The maximum atomic E-state index is 13.0. The number of thiophene rings is 1. The summed E-state index contributed by atoms with van der Waals surface area (Å²) in [5, 5.41) is 9.54. The van der Waals surface area contributed by atoms with Crippen LogP contribution in [0.2, 0.25) is 0 Å². The molecule has 0 saturated heterocycles. The van der Waals surface area contributed by atoms with Crippen molar-refractivity contribution in [1.29, 1.82) is 5.26 Å². The van der Waals surface area contributed by atoms with Crippen molar-refractivity contribution in [2.24, 2.45) is 0 Å². The molecule has 1 nitrogen and oxygen atoms in total. The number of benzene rings is 1. The fraction of sp³-hybridized carbons (Fsp3) is 0.182. The van der Waals surface area contributed by atoms with Crippen molar-refractivity contribution >= 4 is 21.4 Å².